The number of amides is 1. The van der Waals surface area contributed by atoms with Crippen molar-refractivity contribution in [2.75, 3.05) is 5.32 Å². The van der Waals surface area contributed by atoms with Gasteiger partial charge in [-0.25, -0.2) is 9.67 Å². The Morgan fingerprint density at radius 1 is 1.08 bits per heavy atom. The minimum atomic E-state index is -0.217. The average molecular weight is 317 g/mol. The van der Waals surface area contributed by atoms with Crippen molar-refractivity contribution < 1.29 is 4.79 Å². The number of para-hydroxylation sites is 1. The van der Waals surface area contributed by atoms with Crippen LogP contribution >= 0.6 is 0 Å². The Kier molecular flexibility index (Phi) is 3.42. The molecule has 1 amide bonds. The molecule has 118 valence electrons. The molecule has 0 saturated carbocycles. The monoisotopic (exact) mass is 317 g/mol. The first-order chi connectivity index (χ1) is 11.7. The highest BCUT2D eigenvalue weighted by Crippen LogP contribution is 2.17. The maximum atomic E-state index is 12.5. The highest BCUT2D eigenvalue weighted by atomic mass is 16.1. The van der Waals surface area contributed by atoms with Crippen molar-refractivity contribution in [2.45, 2.75) is 13.5 Å². The summed E-state index contributed by atoms with van der Waals surface area (Å²) >= 11 is 0. The van der Waals surface area contributed by atoms with Gasteiger partial charge in [-0.3, -0.25) is 4.79 Å². The van der Waals surface area contributed by atoms with Gasteiger partial charge in [-0.15, -0.1) is 5.10 Å². The van der Waals surface area contributed by atoms with Gasteiger partial charge in [0.2, 0.25) is 0 Å². The van der Waals surface area contributed by atoms with Crippen LogP contribution in [-0.4, -0.2) is 25.9 Å². The minimum absolute atomic E-state index is 0.217. The van der Waals surface area contributed by atoms with Gasteiger partial charge in [0.1, 0.15) is 11.3 Å². The molecule has 1 N–H and O–H groups in total. The zero-order valence-electron chi connectivity index (χ0n) is 13.1. The van der Waals surface area contributed by atoms with Crippen molar-refractivity contribution >= 4 is 33.7 Å². The second-order valence-electron chi connectivity index (χ2n) is 5.45. The van der Waals surface area contributed by atoms with Crippen molar-refractivity contribution in [3.05, 3.63) is 60.2 Å². The largest absolute Gasteiger partial charge is 0.307 e. The summed E-state index contributed by atoms with van der Waals surface area (Å²) in [6.07, 6.45) is 0. The zero-order valence-corrected chi connectivity index (χ0v) is 13.1. The van der Waals surface area contributed by atoms with Gasteiger partial charge < -0.3 is 5.32 Å². The molecule has 2 aromatic heterocycles. The predicted molar refractivity (Wildman–Crippen MR) is 92.9 cm³/mol. The Hall–Kier alpha value is -3.28. The first kappa shape index (κ1) is 14.3. The van der Waals surface area contributed by atoms with Crippen molar-refractivity contribution in [2.24, 2.45) is 0 Å². The number of nitrogens with zero attached hydrogens (tertiary/aromatic N) is 4. The third-order valence-corrected chi connectivity index (χ3v) is 3.92. The lowest BCUT2D eigenvalue weighted by atomic mass is 10.2. The molecule has 0 radical (unpaired) electrons. The van der Waals surface area contributed by atoms with E-state index in [1.165, 1.54) is 0 Å². The smallest absolute Gasteiger partial charge is 0.256 e. The second kappa shape index (κ2) is 5.73. The molecule has 0 aliphatic carbocycles. The highest BCUT2D eigenvalue weighted by molar-refractivity contribution is 6.05. The molecule has 0 atom stereocenters. The van der Waals surface area contributed by atoms with Crippen LogP contribution in [0.1, 0.15) is 17.3 Å². The molecule has 4 aromatic rings. The molecule has 0 saturated heterocycles. The number of anilines is 1. The maximum Gasteiger partial charge on any atom is 0.256 e. The van der Waals surface area contributed by atoms with Crippen molar-refractivity contribution in [3.63, 3.8) is 0 Å². The lowest BCUT2D eigenvalue weighted by molar-refractivity contribution is 0.102. The number of benzene rings is 2. The highest BCUT2D eigenvalue weighted by Gasteiger charge is 2.11. The maximum absolute atomic E-state index is 12.5. The van der Waals surface area contributed by atoms with Crippen molar-refractivity contribution in [3.8, 4) is 0 Å². The predicted octanol–water partition coefficient (Wildman–Crippen LogP) is 3.25. The molecule has 24 heavy (non-hydrogen) atoms. The summed E-state index contributed by atoms with van der Waals surface area (Å²) in [5.74, 6) is 0.307. The molecular weight excluding hydrogens is 302 g/mol. The van der Waals surface area contributed by atoms with Crippen LogP contribution in [0.5, 0.6) is 0 Å². The number of fused-ring (bicyclic) bond motifs is 2. The third-order valence-electron chi connectivity index (χ3n) is 3.92. The molecule has 6 nitrogen and oxygen atoms in total. The van der Waals surface area contributed by atoms with Crippen LogP contribution in [0, 0.1) is 0 Å². The molecule has 0 fully saturated rings. The van der Waals surface area contributed by atoms with Crippen LogP contribution in [0.4, 0.5) is 5.82 Å². The summed E-state index contributed by atoms with van der Waals surface area (Å²) in [6, 6.07) is 16.9. The van der Waals surface area contributed by atoms with Gasteiger partial charge in [0.15, 0.2) is 0 Å². The summed E-state index contributed by atoms with van der Waals surface area (Å²) in [5.41, 5.74) is 2.99. The number of rotatable bonds is 3. The quantitative estimate of drug-likeness (QED) is 0.629. The van der Waals surface area contributed by atoms with Crippen LogP contribution in [-0.2, 0) is 6.54 Å². The van der Waals surface area contributed by atoms with Gasteiger partial charge in [0.05, 0.1) is 11.0 Å². The fourth-order valence-electron chi connectivity index (χ4n) is 2.67. The minimum Gasteiger partial charge on any atom is -0.307 e. The normalized spacial score (nSPS) is 11.0. The summed E-state index contributed by atoms with van der Waals surface area (Å²) in [7, 11) is 0. The van der Waals surface area contributed by atoms with E-state index in [4.69, 9.17) is 0 Å². The Bertz CT molecular complexity index is 1050. The first-order valence-electron chi connectivity index (χ1n) is 7.75. The fourth-order valence-corrected chi connectivity index (χ4v) is 2.67. The number of nitrogens with one attached hydrogen (secondary N) is 1. The van der Waals surface area contributed by atoms with E-state index in [0.717, 1.165) is 23.0 Å². The SMILES string of the molecule is CCn1nnc2cc(C(=O)Nc3ccc4ccccc4n3)ccc21. The van der Waals surface area contributed by atoms with Gasteiger partial charge in [0, 0.05) is 17.5 Å². The number of aryl methyl sites for hydroxylation is 1. The van der Waals surface area contributed by atoms with Crippen molar-refractivity contribution in [1.82, 2.24) is 20.0 Å². The lowest BCUT2D eigenvalue weighted by Crippen LogP contribution is -2.12. The molecule has 2 aromatic carbocycles. The molecular formula is C18H15N5O. The van der Waals surface area contributed by atoms with Crippen LogP contribution in [0.2, 0.25) is 0 Å². The molecule has 0 unspecified atom stereocenters. The average Bonchev–Trinajstić information content (AvgIpc) is 3.04. The van der Waals surface area contributed by atoms with E-state index < -0.39 is 0 Å². The van der Waals surface area contributed by atoms with Gasteiger partial charge >= 0.3 is 0 Å². The molecule has 0 aliphatic heterocycles. The summed E-state index contributed by atoms with van der Waals surface area (Å²) in [6.45, 7) is 2.74. The molecule has 0 bridgehead atoms. The Balaban J connectivity index is 1.62. The van der Waals surface area contributed by atoms with Crippen molar-refractivity contribution in [1.29, 1.82) is 0 Å². The molecule has 0 aliphatic rings. The third kappa shape index (κ3) is 2.48. The fraction of sp³-hybridized carbons (Fsp3) is 0.111. The summed E-state index contributed by atoms with van der Waals surface area (Å²) < 4.78 is 1.79. The van der Waals surface area contributed by atoms with Gasteiger partial charge in [-0.1, -0.05) is 23.4 Å². The number of carbonyl (C=O) groups is 1. The van der Waals surface area contributed by atoms with Gasteiger partial charge in [-0.05, 0) is 43.3 Å². The summed E-state index contributed by atoms with van der Waals surface area (Å²) in [5, 5.41) is 12.0. The summed E-state index contributed by atoms with van der Waals surface area (Å²) in [4.78, 5) is 16.9. The Morgan fingerprint density at radius 2 is 1.96 bits per heavy atom. The number of hydrogen-bond donors (Lipinski definition) is 1. The Labute approximate surface area is 138 Å². The van der Waals surface area contributed by atoms with Crippen LogP contribution in [0.25, 0.3) is 21.9 Å². The van der Waals surface area contributed by atoms with E-state index in [9.17, 15) is 4.79 Å². The van der Waals surface area contributed by atoms with Gasteiger partial charge in [0.25, 0.3) is 5.91 Å². The lowest BCUT2D eigenvalue weighted by Gasteiger charge is -2.06. The van der Waals surface area contributed by atoms with Crippen LogP contribution in [0.15, 0.2) is 54.6 Å². The molecule has 4 rings (SSSR count). The van der Waals surface area contributed by atoms with E-state index in [-0.39, 0.29) is 5.91 Å². The van der Waals surface area contributed by atoms with Crippen LogP contribution < -0.4 is 5.32 Å². The second-order valence-corrected chi connectivity index (χ2v) is 5.45. The number of aromatic nitrogens is 4. The van der Waals surface area contributed by atoms with Crippen LogP contribution in [0.3, 0.4) is 0 Å². The molecule has 0 spiro atoms. The number of pyridine rings is 1. The number of carbonyl (C=O) groups excluding carboxylic acids is 1. The van der Waals surface area contributed by atoms with E-state index in [1.54, 1.807) is 22.9 Å². The molecule has 6 heteroatoms. The first-order valence-corrected chi connectivity index (χ1v) is 7.75. The van der Waals surface area contributed by atoms with E-state index in [1.807, 2.05) is 43.3 Å². The number of hydrogen-bond acceptors (Lipinski definition) is 4. The van der Waals surface area contributed by atoms with E-state index >= 15 is 0 Å². The van der Waals surface area contributed by atoms with Gasteiger partial charge in [-0.2, -0.15) is 0 Å². The van der Waals surface area contributed by atoms with E-state index in [0.29, 0.717) is 16.9 Å². The van der Waals surface area contributed by atoms with E-state index in [2.05, 4.69) is 20.6 Å². The Morgan fingerprint density at radius 3 is 2.83 bits per heavy atom. The topological polar surface area (TPSA) is 72.7 Å². The molecule has 2 heterocycles. The zero-order chi connectivity index (χ0) is 16.5. The standard InChI is InChI=1S/C18H15N5O/c1-2-23-16-9-7-13(11-15(16)21-22-23)18(24)20-17-10-8-12-5-3-4-6-14(12)19-17/h3-11H,2H2,1H3,(H,19,20,24).